The molecule has 1 saturated heterocycles. The maximum absolute atomic E-state index is 12.8. The molecule has 1 aromatic heterocycles. The number of nitrogens with zero attached hydrogens (tertiary/aromatic N) is 1. The zero-order valence-corrected chi connectivity index (χ0v) is 14.5. The lowest BCUT2D eigenvalue weighted by Crippen LogP contribution is -2.38. The van der Waals surface area contributed by atoms with Crippen molar-refractivity contribution < 1.29 is 13.2 Å². The Balaban J connectivity index is 0.00000100. The van der Waals surface area contributed by atoms with Crippen molar-refractivity contribution in [1.82, 2.24) is 9.88 Å². The zero-order chi connectivity index (χ0) is 17.7. The molecule has 0 spiro atoms. The van der Waals surface area contributed by atoms with E-state index in [9.17, 15) is 13.2 Å². The molecule has 2 aromatic rings. The molecule has 1 aliphatic rings. The summed E-state index contributed by atoms with van der Waals surface area (Å²) in [4.78, 5) is 0. The van der Waals surface area contributed by atoms with Gasteiger partial charge in [-0.15, -0.1) is 0 Å². The summed E-state index contributed by atoms with van der Waals surface area (Å²) in [5.74, 6) is 0. The van der Waals surface area contributed by atoms with E-state index in [1.807, 2.05) is 32.0 Å². The number of alkyl halides is 3. The van der Waals surface area contributed by atoms with Crippen LogP contribution >= 0.6 is 0 Å². The molecule has 0 aliphatic carbocycles. The van der Waals surface area contributed by atoms with Gasteiger partial charge in [0.15, 0.2) is 0 Å². The van der Waals surface area contributed by atoms with Gasteiger partial charge in [-0.3, -0.25) is 0 Å². The van der Waals surface area contributed by atoms with Gasteiger partial charge in [0.05, 0.1) is 5.52 Å². The minimum Gasteiger partial charge on any atom is -0.380 e. The van der Waals surface area contributed by atoms with Crippen LogP contribution in [0.1, 0.15) is 32.4 Å². The standard InChI is InChI=1S/C16H20F3N3.C2H6/c1-11-8-13-14(21-12-4-3-7-20-9-12)5-2-6-15(13)22(11)10-16(17,18)19;1-2/h2,5-6,8,12,20-21H,3-4,7,9-10H2,1H3;1-2H3. The van der Waals surface area contributed by atoms with Crippen LogP contribution in [0.25, 0.3) is 10.9 Å². The highest BCUT2D eigenvalue weighted by atomic mass is 19.4. The first-order chi connectivity index (χ1) is 11.4. The second-order valence-electron chi connectivity index (χ2n) is 5.91. The molecule has 0 radical (unpaired) electrons. The first-order valence-electron chi connectivity index (χ1n) is 8.57. The Morgan fingerprint density at radius 1 is 1.29 bits per heavy atom. The first kappa shape index (κ1) is 18.6. The minimum atomic E-state index is -4.21. The van der Waals surface area contributed by atoms with E-state index in [0.717, 1.165) is 37.0 Å². The Kier molecular flexibility index (Phi) is 6.15. The van der Waals surface area contributed by atoms with Gasteiger partial charge in [-0.25, -0.2) is 0 Å². The lowest BCUT2D eigenvalue weighted by atomic mass is 10.1. The van der Waals surface area contributed by atoms with Crippen molar-refractivity contribution in [3.8, 4) is 0 Å². The smallest absolute Gasteiger partial charge is 0.380 e. The van der Waals surface area contributed by atoms with Gasteiger partial charge in [0.1, 0.15) is 6.54 Å². The fraction of sp³-hybridized carbons (Fsp3) is 0.556. The fourth-order valence-electron chi connectivity index (χ4n) is 3.13. The molecule has 1 unspecified atom stereocenters. The monoisotopic (exact) mass is 341 g/mol. The highest BCUT2D eigenvalue weighted by Gasteiger charge is 2.29. The molecule has 24 heavy (non-hydrogen) atoms. The quantitative estimate of drug-likeness (QED) is 0.847. The average molecular weight is 341 g/mol. The minimum absolute atomic E-state index is 0.325. The summed E-state index contributed by atoms with van der Waals surface area (Å²) in [5, 5.41) is 7.66. The van der Waals surface area contributed by atoms with Crippen LogP contribution in [0.5, 0.6) is 0 Å². The Hall–Kier alpha value is -1.69. The molecule has 1 atom stereocenters. The van der Waals surface area contributed by atoms with Crippen LogP contribution in [0.2, 0.25) is 0 Å². The highest BCUT2D eigenvalue weighted by Crippen LogP contribution is 2.30. The van der Waals surface area contributed by atoms with E-state index in [4.69, 9.17) is 0 Å². The van der Waals surface area contributed by atoms with Crippen LogP contribution in [-0.2, 0) is 6.54 Å². The molecule has 0 amide bonds. The van der Waals surface area contributed by atoms with Crippen molar-refractivity contribution in [1.29, 1.82) is 0 Å². The van der Waals surface area contributed by atoms with Crippen LogP contribution < -0.4 is 10.6 Å². The molecule has 1 aliphatic heterocycles. The second kappa shape index (κ2) is 7.92. The Morgan fingerprint density at radius 2 is 2.04 bits per heavy atom. The van der Waals surface area contributed by atoms with Crippen LogP contribution in [0.3, 0.4) is 0 Å². The number of hydrogen-bond acceptors (Lipinski definition) is 2. The summed E-state index contributed by atoms with van der Waals surface area (Å²) in [6.45, 7) is 6.69. The topological polar surface area (TPSA) is 29.0 Å². The van der Waals surface area contributed by atoms with E-state index >= 15 is 0 Å². The maximum atomic E-state index is 12.8. The SMILES string of the molecule is CC.Cc1cc2c(NC3CCCNC3)cccc2n1CC(F)(F)F. The molecule has 2 N–H and O–H groups in total. The number of aryl methyl sites for hydroxylation is 1. The lowest BCUT2D eigenvalue weighted by Gasteiger charge is -2.25. The number of halogens is 3. The third-order valence-corrected chi connectivity index (χ3v) is 4.15. The molecule has 6 heteroatoms. The fourth-order valence-corrected chi connectivity index (χ4v) is 3.13. The van der Waals surface area contributed by atoms with Crippen LogP contribution in [-0.4, -0.2) is 29.9 Å². The summed E-state index contributed by atoms with van der Waals surface area (Å²) in [7, 11) is 0. The van der Waals surface area contributed by atoms with Gasteiger partial charge in [-0.1, -0.05) is 19.9 Å². The van der Waals surface area contributed by atoms with Crippen LogP contribution in [0.15, 0.2) is 24.3 Å². The number of anilines is 1. The molecule has 1 aromatic carbocycles. The zero-order valence-electron chi connectivity index (χ0n) is 14.5. The predicted octanol–water partition coefficient (Wildman–Crippen LogP) is 4.70. The Labute approximate surface area is 141 Å². The summed E-state index contributed by atoms with van der Waals surface area (Å²) in [6.07, 6.45) is -2.03. The lowest BCUT2D eigenvalue weighted by molar-refractivity contribution is -0.140. The van der Waals surface area contributed by atoms with Gasteiger partial charge in [0.25, 0.3) is 0 Å². The van der Waals surface area contributed by atoms with E-state index < -0.39 is 12.7 Å². The summed E-state index contributed by atoms with van der Waals surface area (Å²) >= 11 is 0. The summed E-state index contributed by atoms with van der Waals surface area (Å²) in [5.41, 5.74) is 2.17. The van der Waals surface area contributed by atoms with Gasteiger partial charge in [0, 0.05) is 29.4 Å². The molecule has 3 rings (SSSR count). The van der Waals surface area contributed by atoms with Gasteiger partial charge in [-0.05, 0) is 44.5 Å². The van der Waals surface area contributed by atoms with Gasteiger partial charge in [0.2, 0.25) is 0 Å². The van der Waals surface area contributed by atoms with Crippen molar-refractivity contribution in [2.24, 2.45) is 0 Å². The van der Waals surface area contributed by atoms with E-state index in [2.05, 4.69) is 10.6 Å². The Bertz CT molecular complexity index is 655. The summed E-state index contributed by atoms with van der Waals surface area (Å²) < 4.78 is 39.6. The van der Waals surface area contributed by atoms with Crippen molar-refractivity contribution in [2.45, 2.75) is 52.4 Å². The number of nitrogens with one attached hydrogen (secondary N) is 2. The summed E-state index contributed by atoms with van der Waals surface area (Å²) in [6, 6.07) is 7.66. The van der Waals surface area contributed by atoms with Gasteiger partial charge < -0.3 is 15.2 Å². The normalized spacial score (nSPS) is 18.2. The number of fused-ring (bicyclic) bond motifs is 1. The van der Waals surface area contributed by atoms with E-state index in [1.165, 1.54) is 4.57 Å². The highest BCUT2D eigenvalue weighted by molar-refractivity contribution is 5.93. The number of piperidine rings is 1. The van der Waals surface area contributed by atoms with Gasteiger partial charge in [-0.2, -0.15) is 13.2 Å². The van der Waals surface area contributed by atoms with Crippen molar-refractivity contribution in [2.75, 3.05) is 18.4 Å². The van der Waals surface area contributed by atoms with Crippen molar-refractivity contribution in [3.05, 3.63) is 30.0 Å². The van der Waals surface area contributed by atoms with Crippen LogP contribution in [0, 0.1) is 6.92 Å². The average Bonchev–Trinajstić information content (AvgIpc) is 2.86. The number of aromatic nitrogens is 1. The van der Waals surface area contributed by atoms with E-state index in [-0.39, 0.29) is 0 Å². The van der Waals surface area contributed by atoms with Crippen LogP contribution in [0.4, 0.5) is 18.9 Å². The molecule has 134 valence electrons. The van der Waals surface area contributed by atoms with E-state index in [1.54, 1.807) is 13.0 Å². The maximum Gasteiger partial charge on any atom is 0.406 e. The van der Waals surface area contributed by atoms with E-state index in [0.29, 0.717) is 17.3 Å². The largest absolute Gasteiger partial charge is 0.406 e. The Morgan fingerprint density at radius 3 is 2.67 bits per heavy atom. The number of rotatable bonds is 3. The third-order valence-electron chi connectivity index (χ3n) is 4.15. The van der Waals surface area contributed by atoms with Crippen molar-refractivity contribution in [3.63, 3.8) is 0 Å². The molecular formula is C18H26F3N3. The number of benzene rings is 1. The third kappa shape index (κ3) is 4.44. The molecule has 1 fully saturated rings. The van der Waals surface area contributed by atoms with Gasteiger partial charge >= 0.3 is 6.18 Å². The predicted molar refractivity (Wildman–Crippen MR) is 93.6 cm³/mol. The molecular weight excluding hydrogens is 315 g/mol. The molecule has 0 bridgehead atoms. The van der Waals surface area contributed by atoms with Crippen molar-refractivity contribution >= 4 is 16.6 Å². The first-order valence-corrected chi connectivity index (χ1v) is 8.57. The molecule has 3 nitrogen and oxygen atoms in total. The number of hydrogen-bond donors (Lipinski definition) is 2. The second-order valence-corrected chi connectivity index (χ2v) is 5.91. The molecule has 2 heterocycles. The molecule has 0 saturated carbocycles.